The van der Waals surface area contributed by atoms with Gasteiger partial charge in [0.25, 0.3) is 0 Å². The van der Waals surface area contributed by atoms with Gasteiger partial charge in [0, 0.05) is 11.6 Å². The number of thioether (sulfide) groups is 1. The zero-order valence-electron chi connectivity index (χ0n) is 13.2. The van der Waals surface area contributed by atoms with E-state index in [1.54, 1.807) is 13.0 Å². The molecule has 24 heavy (non-hydrogen) atoms. The maximum Gasteiger partial charge on any atom is 0.323 e. The Labute approximate surface area is 144 Å². The molecule has 5 N–H and O–H groups in total. The lowest BCUT2D eigenvalue weighted by Crippen LogP contribution is -2.14. The minimum Gasteiger partial charge on any atom is -0.465 e. The summed E-state index contributed by atoms with van der Waals surface area (Å²) < 4.78 is 5.19. The highest BCUT2D eigenvalue weighted by Gasteiger charge is 2.25. The first-order chi connectivity index (χ1) is 11.6. The van der Waals surface area contributed by atoms with Crippen LogP contribution in [0.5, 0.6) is 0 Å². The highest BCUT2D eigenvalue weighted by molar-refractivity contribution is 8.00. The predicted octanol–water partition coefficient (Wildman–Crippen LogP) is 2.67. The van der Waals surface area contributed by atoms with Gasteiger partial charge in [-0.15, -0.1) is 11.8 Å². The molecule has 1 aromatic heterocycles. The van der Waals surface area contributed by atoms with E-state index in [9.17, 15) is 4.79 Å². The molecule has 8 heteroatoms. The summed E-state index contributed by atoms with van der Waals surface area (Å²) in [5, 5.41) is 2.98. The Bertz CT molecular complexity index is 724. The fourth-order valence-corrected chi connectivity index (χ4v) is 3.16. The van der Waals surface area contributed by atoms with Crippen molar-refractivity contribution in [3.8, 4) is 0 Å². The molecule has 0 saturated carbocycles. The van der Waals surface area contributed by atoms with Crippen LogP contribution in [0.2, 0.25) is 0 Å². The van der Waals surface area contributed by atoms with Gasteiger partial charge in [-0.2, -0.15) is 5.10 Å². The molecule has 1 heterocycles. The summed E-state index contributed by atoms with van der Waals surface area (Å²) in [7, 11) is 0. The van der Waals surface area contributed by atoms with Crippen molar-refractivity contribution in [2.75, 3.05) is 23.5 Å². The number of nitrogens with one attached hydrogen (secondary N) is 1. The molecule has 1 unspecified atom stereocenters. The maximum atomic E-state index is 12.4. The molecule has 1 aromatic carbocycles. The standard InChI is InChI=1S/C16H19N5O2S/c1-3-23-16(22)14(10-7-5-4-6-8-10)24-11-9-12(17)20-15(13(11)18)21-19-2/h4-9,14H,2-3,18H2,1H3,(H3,17,20,21). The second kappa shape index (κ2) is 8.21. The van der Waals surface area contributed by atoms with Gasteiger partial charge >= 0.3 is 5.97 Å². The normalized spacial score (nSPS) is 11.5. The number of esters is 1. The smallest absolute Gasteiger partial charge is 0.323 e. The molecule has 2 aromatic rings. The van der Waals surface area contributed by atoms with Crippen LogP contribution in [-0.4, -0.2) is 24.3 Å². The van der Waals surface area contributed by atoms with E-state index in [1.165, 1.54) is 11.8 Å². The zero-order chi connectivity index (χ0) is 17.5. The van der Waals surface area contributed by atoms with Gasteiger partial charge in [0.1, 0.15) is 11.1 Å². The van der Waals surface area contributed by atoms with Gasteiger partial charge in [0.2, 0.25) is 0 Å². The third-order valence-corrected chi connectivity index (χ3v) is 4.37. The molecular formula is C16H19N5O2S. The Kier molecular flexibility index (Phi) is 6.02. The molecule has 0 fully saturated rings. The van der Waals surface area contributed by atoms with Crippen molar-refractivity contribution < 1.29 is 9.53 Å². The quantitative estimate of drug-likeness (QED) is 0.306. The molecule has 7 nitrogen and oxygen atoms in total. The summed E-state index contributed by atoms with van der Waals surface area (Å²) in [6.45, 7) is 5.40. The second-order valence-electron chi connectivity index (χ2n) is 4.74. The summed E-state index contributed by atoms with van der Waals surface area (Å²) in [6, 6.07) is 10.9. The van der Waals surface area contributed by atoms with Gasteiger partial charge in [-0.05, 0) is 18.6 Å². The van der Waals surface area contributed by atoms with Gasteiger partial charge in [0.15, 0.2) is 5.82 Å². The van der Waals surface area contributed by atoms with Crippen LogP contribution in [-0.2, 0) is 9.53 Å². The fraction of sp³-hybridized carbons (Fsp3) is 0.188. The van der Waals surface area contributed by atoms with E-state index in [0.717, 1.165) is 5.56 Å². The van der Waals surface area contributed by atoms with Crippen LogP contribution in [0.15, 0.2) is 46.4 Å². The summed E-state index contributed by atoms with van der Waals surface area (Å²) >= 11 is 1.25. The van der Waals surface area contributed by atoms with Crippen molar-refractivity contribution in [1.82, 2.24) is 4.98 Å². The number of hydrogen-bond donors (Lipinski definition) is 3. The molecule has 0 aliphatic heterocycles. The molecular weight excluding hydrogens is 326 g/mol. The Morgan fingerprint density at radius 2 is 2.12 bits per heavy atom. The molecule has 0 bridgehead atoms. The van der Waals surface area contributed by atoms with Crippen LogP contribution in [0.4, 0.5) is 17.3 Å². The van der Waals surface area contributed by atoms with Crippen LogP contribution < -0.4 is 16.9 Å². The lowest BCUT2D eigenvalue weighted by Gasteiger charge is -2.18. The average molecular weight is 345 g/mol. The number of anilines is 3. The van der Waals surface area contributed by atoms with Gasteiger partial charge in [-0.25, -0.2) is 4.98 Å². The molecule has 1 atom stereocenters. The number of nitrogen functional groups attached to an aromatic ring is 2. The number of benzene rings is 1. The summed E-state index contributed by atoms with van der Waals surface area (Å²) in [5.74, 6) is 0.205. The topological polar surface area (TPSA) is 116 Å². The first-order valence-corrected chi connectivity index (χ1v) is 8.10. The molecule has 0 aliphatic rings. The van der Waals surface area contributed by atoms with Crippen LogP contribution >= 0.6 is 11.8 Å². The monoisotopic (exact) mass is 345 g/mol. The number of hydrogen-bond acceptors (Lipinski definition) is 8. The van der Waals surface area contributed by atoms with Gasteiger partial charge in [-0.1, -0.05) is 30.3 Å². The molecule has 0 amide bonds. The van der Waals surface area contributed by atoms with Crippen molar-refractivity contribution in [3.63, 3.8) is 0 Å². The van der Waals surface area contributed by atoms with Crippen molar-refractivity contribution in [2.24, 2.45) is 5.10 Å². The average Bonchev–Trinajstić information content (AvgIpc) is 2.57. The largest absolute Gasteiger partial charge is 0.465 e. The Balaban J connectivity index is 2.39. The molecule has 0 saturated heterocycles. The Hall–Kier alpha value is -2.74. The van der Waals surface area contributed by atoms with Crippen LogP contribution in [0.25, 0.3) is 0 Å². The number of nitrogens with zero attached hydrogens (tertiary/aromatic N) is 2. The van der Waals surface area contributed by atoms with E-state index < -0.39 is 5.25 Å². The predicted molar refractivity (Wildman–Crippen MR) is 97.9 cm³/mol. The summed E-state index contributed by atoms with van der Waals surface area (Å²) in [6.07, 6.45) is 0. The lowest BCUT2D eigenvalue weighted by molar-refractivity contribution is -0.142. The van der Waals surface area contributed by atoms with Crippen molar-refractivity contribution >= 4 is 41.8 Å². The van der Waals surface area contributed by atoms with E-state index in [1.807, 2.05) is 30.3 Å². The van der Waals surface area contributed by atoms with Crippen molar-refractivity contribution in [2.45, 2.75) is 17.1 Å². The zero-order valence-corrected chi connectivity index (χ0v) is 14.0. The van der Waals surface area contributed by atoms with E-state index in [2.05, 4.69) is 22.2 Å². The number of aromatic nitrogens is 1. The van der Waals surface area contributed by atoms with Gasteiger partial charge in [-0.3, -0.25) is 10.2 Å². The van der Waals surface area contributed by atoms with Gasteiger partial charge in [0.05, 0.1) is 12.3 Å². The molecule has 2 rings (SSSR count). The molecule has 126 valence electrons. The third kappa shape index (κ3) is 4.17. The third-order valence-electron chi connectivity index (χ3n) is 3.07. The summed E-state index contributed by atoms with van der Waals surface area (Å²) in [4.78, 5) is 17.0. The number of ether oxygens (including phenoxy) is 1. The first-order valence-electron chi connectivity index (χ1n) is 7.22. The molecule has 0 radical (unpaired) electrons. The van der Waals surface area contributed by atoms with Crippen molar-refractivity contribution in [1.29, 1.82) is 0 Å². The van der Waals surface area contributed by atoms with Gasteiger partial charge < -0.3 is 16.2 Å². The fourth-order valence-electron chi connectivity index (χ4n) is 2.03. The Morgan fingerprint density at radius 3 is 2.75 bits per heavy atom. The van der Waals surface area contributed by atoms with E-state index in [4.69, 9.17) is 16.2 Å². The Morgan fingerprint density at radius 1 is 1.42 bits per heavy atom. The number of nitrogens with two attached hydrogens (primary N) is 2. The second-order valence-corrected chi connectivity index (χ2v) is 5.89. The number of carbonyl (C=O) groups excluding carboxylic acids is 1. The molecule has 0 spiro atoms. The van der Waals surface area contributed by atoms with E-state index >= 15 is 0 Å². The summed E-state index contributed by atoms with van der Waals surface area (Å²) in [5.41, 5.74) is 15.7. The number of hydrazone groups is 1. The van der Waals surface area contributed by atoms with Crippen LogP contribution in [0.1, 0.15) is 17.7 Å². The number of pyridine rings is 1. The van der Waals surface area contributed by atoms with Crippen molar-refractivity contribution in [3.05, 3.63) is 42.0 Å². The SMILES string of the molecule is C=NNc1nc(N)cc(SC(C(=O)OCC)c2ccccc2)c1N. The minimum absolute atomic E-state index is 0.258. The highest BCUT2D eigenvalue weighted by Crippen LogP contribution is 2.41. The van der Waals surface area contributed by atoms with E-state index in [0.29, 0.717) is 23.0 Å². The molecule has 0 aliphatic carbocycles. The van der Waals surface area contributed by atoms with Crippen LogP contribution in [0, 0.1) is 0 Å². The maximum absolute atomic E-state index is 12.4. The number of carbonyl (C=O) groups is 1. The highest BCUT2D eigenvalue weighted by atomic mass is 32.2. The lowest BCUT2D eigenvalue weighted by atomic mass is 10.1. The number of rotatable bonds is 7. The first kappa shape index (κ1) is 17.6. The van der Waals surface area contributed by atoms with E-state index in [-0.39, 0.29) is 11.8 Å². The van der Waals surface area contributed by atoms with Crippen LogP contribution in [0.3, 0.4) is 0 Å². The minimum atomic E-state index is -0.570.